The van der Waals surface area contributed by atoms with Gasteiger partial charge in [-0.2, -0.15) is 0 Å². The minimum atomic E-state index is -2.50. The van der Waals surface area contributed by atoms with Crippen molar-refractivity contribution in [2.24, 2.45) is 0 Å². The first-order chi connectivity index (χ1) is 10.6. The highest BCUT2D eigenvalue weighted by Crippen LogP contribution is 2.29. The van der Waals surface area contributed by atoms with Gasteiger partial charge >= 0.3 is 0 Å². The molecule has 2 aromatic rings. The van der Waals surface area contributed by atoms with E-state index in [1.54, 1.807) is 30.3 Å². The lowest BCUT2D eigenvalue weighted by Crippen LogP contribution is -2.20. The first-order valence-corrected chi connectivity index (χ1v) is 8.01. The molecule has 6 heteroatoms. The van der Waals surface area contributed by atoms with Gasteiger partial charge in [0.1, 0.15) is 23.1 Å². The summed E-state index contributed by atoms with van der Waals surface area (Å²) >= 11 is 0. The molecule has 0 unspecified atom stereocenters. The van der Waals surface area contributed by atoms with Gasteiger partial charge in [-0.1, -0.05) is 24.3 Å². The van der Waals surface area contributed by atoms with E-state index in [1.165, 1.54) is 12.1 Å². The van der Waals surface area contributed by atoms with E-state index in [4.69, 9.17) is 4.74 Å². The highest BCUT2D eigenvalue weighted by atomic mass is 32.2. The Morgan fingerprint density at radius 2 is 1.41 bits per heavy atom. The SMILES string of the molecule is O=C1c2ccccc2C(=O)c2cc(OCC[SH](=O)=O)ccc21. The van der Waals surface area contributed by atoms with E-state index in [-0.39, 0.29) is 29.5 Å². The monoisotopic (exact) mass is 316 g/mol. The van der Waals surface area contributed by atoms with Gasteiger partial charge in [0.2, 0.25) is 0 Å². The zero-order valence-corrected chi connectivity index (χ0v) is 12.3. The fraction of sp³-hybridized carbons (Fsp3) is 0.125. The van der Waals surface area contributed by atoms with Gasteiger partial charge in [-0.15, -0.1) is 0 Å². The van der Waals surface area contributed by atoms with Crippen molar-refractivity contribution in [3.63, 3.8) is 0 Å². The number of fused-ring (bicyclic) bond motifs is 2. The van der Waals surface area contributed by atoms with Crippen molar-refractivity contribution in [2.75, 3.05) is 12.4 Å². The summed E-state index contributed by atoms with van der Waals surface area (Å²) < 4.78 is 26.3. The quantitative estimate of drug-likeness (QED) is 0.737. The van der Waals surface area contributed by atoms with Gasteiger partial charge in [0, 0.05) is 22.3 Å². The third-order valence-corrected chi connectivity index (χ3v) is 3.99. The van der Waals surface area contributed by atoms with Crippen molar-refractivity contribution in [1.29, 1.82) is 0 Å². The van der Waals surface area contributed by atoms with E-state index >= 15 is 0 Å². The predicted octanol–water partition coefficient (Wildman–Crippen LogP) is 1.45. The molecule has 0 aromatic heterocycles. The lowest BCUT2D eigenvalue weighted by molar-refractivity contribution is 0.0979. The number of ketones is 2. The molecular weight excluding hydrogens is 304 g/mol. The number of ether oxygens (including phenoxy) is 1. The minimum absolute atomic E-state index is 0.0101. The van der Waals surface area contributed by atoms with Gasteiger partial charge in [0.15, 0.2) is 11.6 Å². The maximum Gasteiger partial charge on any atom is 0.194 e. The molecule has 5 nitrogen and oxygen atoms in total. The van der Waals surface area contributed by atoms with Gasteiger partial charge in [0.25, 0.3) is 0 Å². The second kappa shape index (κ2) is 5.73. The lowest BCUT2D eigenvalue weighted by Gasteiger charge is -2.18. The maximum atomic E-state index is 12.5. The third-order valence-electron chi connectivity index (χ3n) is 3.44. The first kappa shape index (κ1) is 14.5. The molecule has 0 atom stereocenters. The van der Waals surface area contributed by atoms with E-state index in [9.17, 15) is 18.0 Å². The zero-order chi connectivity index (χ0) is 15.7. The van der Waals surface area contributed by atoms with Gasteiger partial charge < -0.3 is 4.74 Å². The summed E-state index contributed by atoms with van der Waals surface area (Å²) in [6.45, 7) is 0.0101. The van der Waals surface area contributed by atoms with Crippen molar-refractivity contribution in [2.45, 2.75) is 0 Å². The fourth-order valence-corrected chi connectivity index (χ4v) is 2.65. The van der Waals surface area contributed by atoms with Crippen LogP contribution >= 0.6 is 0 Å². The molecule has 0 fully saturated rings. The minimum Gasteiger partial charge on any atom is -0.493 e. The largest absolute Gasteiger partial charge is 0.493 e. The Hall–Kier alpha value is -2.47. The lowest BCUT2D eigenvalue weighted by atomic mass is 9.84. The molecule has 0 amide bonds. The third kappa shape index (κ3) is 2.53. The maximum absolute atomic E-state index is 12.5. The Bertz CT molecular complexity index is 843. The molecule has 1 aliphatic rings. The number of carbonyl (C=O) groups excluding carboxylic acids is 2. The van der Waals surface area contributed by atoms with Crippen molar-refractivity contribution in [3.05, 3.63) is 64.7 Å². The summed E-state index contributed by atoms with van der Waals surface area (Å²) in [5.41, 5.74) is 1.40. The van der Waals surface area contributed by atoms with Crippen LogP contribution in [0.15, 0.2) is 42.5 Å². The van der Waals surface area contributed by atoms with E-state index < -0.39 is 10.7 Å². The average Bonchev–Trinajstić information content (AvgIpc) is 2.52. The normalized spacial score (nSPS) is 13.0. The van der Waals surface area contributed by atoms with E-state index in [0.717, 1.165) is 0 Å². The molecule has 22 heavy (non-hydrogen) atoms. The molecular formula is C16H12O5S. The van der Waals surface area contributed by atoms with E-state index in [1.807, 2.05) is 0 Å². The number of hydrogen-bond acceptors (Lipinski definition) is 5. The summed E-state index contributed by atoms with van der Waals surface area (Å²) in [7, 11) is -2.50. The molecule has 0 saturated carbocycles. The summed E-state index contributed by atoms with van der Waals surface area (Å²) in [5.74, 6) is -0.150. The Kier molecular flexibility index (Phi) is 3.77. The Balaban J connectivity index is 1.95. The summed E-state index contributed by atoms with van der Waals surface area (Å²) in [6, 6.07) is 11.3. The van der Waals surface area contributed by atoms with Crippen LogP contribution in [0.2, 0.25) is 0 Å². The Morgan fingerprint density at radius 1 is 0.818 bits per heavy atom. The second-order valence-electron chi connectivity index (χ2n) is 4.82. The number of thiol groups is 1. The highest BCUT2D eigenvalue weighted by molar-refractivity contribution is 7.72. The molecule has 2 aromatic carbocycles. The topological polar surface area (TPSA) is 77.5 Å². The summed E-state index contributed by atoms with van der Waals surface area (Å²) in [4.78, 5) is 24.9. The van der Waals surface area contributed by atoms with Crippen molar-refractivity contribution in [3.8, 4) is 5.75 Å². The number of rotatable bonds is 4. The van der Waals surface area contributed by atoms with Crippen molar-refractivity contribution >= 4 is 22.3 Å². The molecule has 0 saturated heterocycles. The summed E-state index contributed by atoms with van der Waals surface area (Å²) in [5, 5.41) is 0. The smallest absolute Gasteiger partial charge is 0.194 e. The predicted molar refractivity (Wildman–Crippen MR) is 80.4 cm³/mol. The molecule has 0 heterocycles. The number of benzene rings is 2. The molecule has 0 bridgehead atoms. The van der Waals surface area contributed by atoms with Crippen LogP contribution in [0.4, 0.5) is 0 Å². The zero-order valence-electron chi connectivity index (χ0n) is 11.4. The molecule has 1 aliphatic carbocycles. The average molecular weight is 316 g/mol. The van der Waals surface area contributed by atoms with Gasteiger partial charge in [-0.3, -0.25) is 9.59 Å². The van der Waals surface area contributed by atoms with Crippen LogP contribution in [0.5, 0.6) is 5.75 Å². The highest BCUT2D eigenvalue weighted by Gasteiger charge is 2.29. The second-order valence-corrected chi connectivity index (χ2v) is 5.93. The van der Waals surface area contributed by atoms with Gasteiger partial charge in [-0.05, 0) is 18.2 Å². The van der Waals surface area contributed by atoms with Crippen LogP contribution < -0.4 is 4.74 Å². The van der Waals surface area contributed by atoms with Crippen LogP contribution in [0.25, 0.3) is 0 Å². The number of hydrogen-bond donors (Lipinski definition) is 1. The van der Waals surface area contributed by atoms with Crippen LogP contribution in [0.3, 0.4) is 0 Å². The van der Waals surface area contributed by atoms with Crippen molar-refractivity contribution in [1.82, 2.24) is 0 Å². The Labute approximate surface area is 128 Å². The molecule has 0 N–H and O–H groups in total. The molecule has 0 spiro atoms. The van der Waals surface area contributed by atoms with Gasteiger partial charge in [-0.25, -0.2) is 8.42 Å². The van der Waals surface area contributed by atoms with Crippen LogP contribution in [0, 0.1) is 0 Å². The standard InChI is InChI=1S/C16H12O5S/c17-15-11-3-1-2-4-12(11)16(18)14-9-10(5-6-13(14)15)21-7-8-22(19)20/h1-6,9,22H,7-8H2. The first-order valence-electron chi connectivity index (χ1n) is 6.65. The molecule has 0 aliphatic heterocycles. The number of carbonyl (C=O) groups is 2. The van der Waals surface area contributed by atoms with Crippen molar-refractivity contribution < 1.29 is 22.7 Å². The fourth-order valence-electron chi connectivity index (χ4n) is 2.41. The molecule has 0 radical (unpaired) electrons. The van der Waals surface area contributed by atoms with E-state index in [2.05, 4.69) is 0 Å². The Morgan fingerprint density at radius 3 is 2.05 bits per heavy atom. The van der Waals surface area contributed by atoms with Crippen LogP contribution in [-0.2, 0) is 10.7 Å². The van der Waals surface area contributed by atoms with E-state index in [0.29, 0.717) is 22.4 Å². The van der Waals surface area contributed by atoms with Crippen LogP contribution in [0.1, 0.15) is 31.8 Å². The molecule has 112 valence electrons. The van der Waals surface area contributed by atoms with Gasteiger partial charge in [0.05, 0.1) is 5.75 Å². The molecule has 3 rings (SSSR count). The summed E-state index contributed by atoms with van der Waals surface area (Å²) in [6.07, 6.45) is 0. The van der Waals surface area contributed by atoms with Crippen LogP contribution in [-0.4, -0.2) is 32.3 Å².